The maximum Gasteiger partial charge on any atom is 0.232 e. The Kier molecular flexibility index (Phi) is 6.18. The van der Waals surface area contributed by atoms with E-state index in [-0.39, 0.29) is 17.9 Å². The van der Waals surface area contributed by atoms with E-state index in [1.807, 2.05) is 60.5 Å². The van der Waals surface area contributed by atoms with E-state index in [1.165, 1.54) is 4.90 Å². The Morgan fingerprint density at radius 2 is 1.87 bits per heavy atom. The van der Waals surface area contributed by atoms with Crippen molar-refractivity contribution in [2.75, 3.05) is 27.0 Å². The molecule has 7 nitrogen and oxygen atoms in total. The number of methoxy groups -OCH3 is 2. The Morgan fingerprint density at radius 3 is 2.55 bits per heavy atom. The van der Waals surface area contributed by atoms with E-state index >= 15 is 0 Å². The molecule has 0 N–H and O–H groups in total. The first-order valence-electron chi connectivity index (χ1n) is 10.0. The summed E-state index contributed by atoms with van der Waals surface area (Å²) in [5, 5.41) is 4.13. The van der Waals surface area contributed by atoms with Gasteiger partial charge in [-0.15, -0.1) is 11.8 Å². The van der Waals surface area contributed by atoms with Crippen molar-refractivity contribution in [2.24, 2.45) is 0 Å². The summed E-state index contributed by atoms with van der Waals surface area (Å²) < 4.78 is 16.2. The van der Waals surface area contributed by atoms with E-state index in [0.717, 1.165) is 11.1 Å². The average molecular weight is 440 g/mol. The molecule has 1 aliphatic heterocycles. The lowest BCUT2D eigenvalue weighted by Crippen LogP contribution is -2.28. The van der Waals surface area contributed by atoms with Gasteiger partial charge >= 0.3 is 0 Å². The molecule has 1 amide bonds. The molecule has 4 rings (SSSR count). The highest BCUT2D eigenvalue weighted by molar-refractivity contribution is 7.98. The summed E-state index contributed by atoms with van der Waals surface area (Å²) >= 11 is 1.68. The first-order valence-corrected chi connectivity index (χ1v) is 11.3. The van der Waals surface area contributed by atoms with E-state index in [2.05, 4.69) is 10.1 Å². The van der Waals surface area contributed by atoms with Crippen molar-refractivity contribution in [1.82, 2.24) is 15.0 Å². The molecule has 1 aromatic heterocycles. The number of aromatic nitrogens is 2. The van der Waals surface area contributed by atoms with Gasteiger partial charge in [-0.3, -0.25) is 4.79 Å². The van der Waals surface area contributed by atoms with Crippen LogP contribution in [0.4, 0.5) is 0 Å². The van der Waals surface area contributed by atoms with Crippen LogP contribution in [-0.4, -0.2) is 48.0 Å². The Hall–Kier alpha value is -3.00. The summed E-state index contributed by atoms with van der Waals surface area (Å²) in [5.74, 6) is 2.29. The van der Waals surface area contributed by atoms with Crippen molar-refractivity contribution in [3.63, 3.8) is 0 Å². The fourth-order valence-corrected chi connectivity index (χ4v) is 4.23. The molecule has 0 bridgehead atoms. The second kappa shape index (κ2) is 9.01. The van der Waals surface area contributed by atoms with Crippen LogP contribution in [0, 0.1) is 0 Å². The predicted molar refractivity (Wildman–Crippen MR) is 119 cm³/mol. The molecule has 1 aliphatic rings. The number of likely N-dealkylation sites (tertiary alicyclic amines) is 1. The molecule has 3 aromatic rings. The fraction of sp³-hybridized carbons (Fsp3) is 0.348. The maximum absolute atomic E-state index is 12.8. The molecule has 2 unspecified atom stereocenters. The van der Waals surface area contributed by atoms with Crippen molar-refractivity contribution in [1.29, 1.82) is 0 Å². The number of rotatable bonds is 7. The van der Waals surface area contributed by atoms with Gasteiger partial charge in [0.25, 0.3) is 0 Å². The van der Waals surface area contributed by atoms with Crippen LogP contribution in [0.15, 0.2) is 51.9 Å². The monoisotopic (exact) mass is 439 g/mol. The van der Waals surface area contributed by atoms with Gasteiger partial charge in [-0.1, -0.05) is 11.2 Å². The fourth-order valence-electron chi connectivity index (χ4n) is 3.82. The Balaban J connectivity index is 1.50. The highest BCUT2D eigenvalue weighted by Gasteiger charge is 2.37. The molecule has 0 radical (unpaired) electrons. The summed E-state index contributed by atoms with van der Waals surface area (Å²) in [6, 6.07) is 13.6. The third-order valence-electron chi connectivity index (χ3n) is 5.66. The minimum absolute atomic E-state index is 0.0661. The zero-order valence-corrected chi connectivity index (χ0v) is 18.8. The van der Waals surface area contributed by atoms with Gasteiger partial charge in [-0.2, -0.15) is 4.98 Å². The molecule has 1 saturated heterocycles. The van der Waals surface area contributed by atoms with Crippen LogP contribution >= 0.6 is 11.8 Å². The summed E-state index contributed by atoms with van der Waals surface area (Å²) in [5.41, 5.74) is 1.87. The Bertz CT molecular complexity index is 1070. The van der Waals surface area contributed by atoms with Gasteiger partial charge in [0.05, 0.1) is 26.2 Å². The van der Waals surface area contributed by atoms with Crippen molar-refractivity contribution in [3.05, 3.63) is 53.9 Å². The van der Waals surface area contributed by atoms with Crippen LogP contribution in [0.5, 0.6) is 11.5 Å². The van der Waals surface area contributed by atoms with Gasteiger partial charge < -0.3 is 18.9 Å². The van der Waals surface area contributed by atoms with Gasteiger partial charge in [-0.05, 0) is 55.1 Å². The largest absolute Gasteiger partial charge is 0.493 e. The Labute approximate surface area is 185 Å². The topological polar surface area (TPSA) is 77.7 Å². The van der Waals surface area contributed by atoms with Crippen molar-refractivity contribution in [2.45, 2.75) is 30.2 Å². The summed E-state index contributed by atoms with van der Waals surface area (Å²) in [6.07, 6.45) is 2.39. The number of benzene rings is 2. The van der Waals surface area contributed by atoms with Crippen LogP contribution in [-0.2, 0) is 4.79 Å². The number of amides is 1. The number of thioether (sulfide) groups is 1. The zero-order valence-electron chi connectivity index (χ0n) is 18.0. The van der Waals surface area contributed by atoms with E-state index in [4.69, 9.17) is 14.0 Å². The molecule has 0 saturated carbocycles. The van der Waals surface area contributed by atoms with Crippen LogP contribution in [0.3, 0.4) is 0 Å². The van der Waals surface area contributed by atoms with E-state index in [1.54, 1.807) is 26.0 Å². The standard InChI is InChI=1S/C23H25N3O4S/c1-14(16-7-10-19(28-2)20(11-16)29-3)26-13-17(12-21(26)27)23-24-22(25-30-23)15-5-8-18(31-4)9-6-15/h5-11,14,17H,12-13H2,1-4H3. The van der Waals surface area contributed by atoms with Crippen LogP contribution < -0.4 is 9.47 Å². The van der Waals surface area contributed by atoms with Gasteiger partial charge in [0.15, 0.2) is 11.5 Å². The zero-order chi connectivity index (χ0) is 22.0. The number of hydrogen-bond acceptors (Lipinski definition) is 7. The quantitative estimate of drug-likeness (QED) is 0.500. The molecule has 8 heteroatoms. The van der Waals surface area contributed by atoms with Gasteiger partial charge in [0, 0.05) is 23.4 Å². The average Bonchev–Trinajstić information content (AvgIpc) is 3.45. The first kappa shape index (κ1) is 21.2. The lowest BCUT2D eigenvalue weighted by molar-refractivity contribution is -0.129. The minimum atomic E-state index is -0.123. The molecule has 2 heterocycles. The van der Waals surface area contributed by atoms with Gasteiger partial charge in [0.1, 0.15) is 0 Å². The number of nitrogens with zero attached hydrogens (tertiary/aromatic N) is 3. The molecule has 162 valence electrons. The highest BCUT2D eigenvalue weighted by atomic mass is 32.2. The highest BCUT2D eigenvalue weighted by Crippen LogP contribution is 2.37. The van der Waals surface area contributed by atoms with Crippen molar-refractivity contribution in [3.8, 4) is 22.9 Å². The smallest absolute Gasteiger partial charge is 0.232 e. The van der Waals surface area contributed by atoms with E-state index in [9.17, 15) is 4.79 Å². The molecular weight excluding hydrogens is 414 g/mol. The number of hydrogen-bond donors (Lipinski definition) is 0. The predicted octanol–water partition coefficient (Wildman–Crippen LogP) is 4.55. The van der Waals surface area contributed by atoms with E-state index < -0.39 is 0 Å². The normalized spacial score (nSPS) is 17.1. The molecule has 31 heavy (non-hydrogen) atoms. The minimum Gasteiger partial charge on any atom is -0.493 e. The van der Waals surface area contributed by atoms with Gasteiger partial charge in [0.2, 0.25) is 17.6 Å². The molecule has 2 atom stereocenters. The first-order chi connectivity index (χ1) is 15.0. The lowest BCUT2D eigenvalue weighted by Gasteiger charge is -2.25. The molecule has 0 spiro atoms. The van der Waals surface area contributed by atoms with Crippen LogP contribution in [0.25, 0.3) is 11.4 Å². The molecule has 2 aromatic carbocycles. The molecule has 0 aliphatic carbocycles. The number of ether oxygens (including phenoxy) is 2. The summed E-state index contributed by atoms with van der Waals surface area (Å²) in [4.78, 5) is 20.4. The van der Waals surface area contributed by atoms with Crippen molar-refractivity contribution >= 4 is 17.7 Å². The summed E-state index contributed by atoms with van der Waals surface area (Å²) in [6.45, 7) is 2.54. The lowest BCUT2D eigenvalue weighted by atomic mass is 10.1. The second-order valence-corrected chi connectivity index (χ2v) is 8.30. The van der Waals surface area contributed by atoms with Crippen LogP contribution in [0.1, 0.15) is 36.8 Å². The van der Waals surface area contributed by atoms with Crippen LogP contribution in [0.2, 0.25) is 0 Å². The molecule has 1 fully saturated rings. The molecular formula is C23H25N3O4S. The third kappa shape index (κ3) is 4.25. The summed E-state index contributed by atoms with van der Waals surface area (Å²) in [7, 11) is 3.20. The third-order valence-corrected chi connectivity index (χ3v) is 6.40. The number of carbonyl (C=O) groups is 1. The van der Waals surface area contributed by atoms with E-state index in [0.29, 0.717) is 36.2 Å². The number of carbonyl (C=O) groups excluding carboxylic acids is 1. The van der Waals surface area contributed by atoms with Crippen molar-refractivity contribution < 1.29 is 18.8 Å². The Morgan fingerprint density at radius 1 is 1.13 bits per heavy atom. The van der Waals surface area contributed by atoms with Gasteiger partial charge in [-0.25, -0.2) is 0 Å². The second-order valence-electron chi connectivity index (χ2n) is 7.42. The SMILES string of the molecule is COc1ccc(C(C)N2CC(c3nc(-c4ccc(SC)cc4)no3)CC2=O)cc1OC. The maximum atomic E-state index is 12.8.